The van der Waals surface area contributed by atoms with E-state index in [-0.39, 0.29) is 5.82 Å². The van der Waals surface area contributed by atoms with Gasteiger partial charge in [-0.15, -0.1) is 0 Å². The Labute approximate surface area is 338 Å². The van der Waals surface area contributed by atoms with Gasteiger partial charge in [-0.1, -0.05) is 103 Å². The summed E-state index contributed by atoms with van der Waals surface area (Å²) in [5.74, 6) is -0.260. The van der Waals surface area contributed by atoms with E-state index in [1.165, 1.54) is 6.07 Å². The quantitative estimate of drug-likeness (QED) is 0.169. The molecule has 0 amide bonds. The molecule has 3 heterocycles. The number of aromatic nitrogens is 1. The Bertz CT molecular complexity index is 3570. The minimum atomic E-state index is -0.260. The molecule has 0 saturated heterocycles. The molecule has 0 atom stereocenters. The molecule has 0 bridgehead atoms. The Morgan fingerprint density at radius 1 is 0.373 bits per heavy atom. The van der Waals surface area contributed by atoms with Crippen LogP contribution in [0.15, 0.2) is 209 Å². The summed E-state index contributed by atoms with van der Waals surface area (Å²) < 4.78 is 29.6. The van der Waals surface area contributed by atoms with E-state index in [1.807, 2.05) is 48.5 Å². The van der Waals surface area contributed by atoms with Gasteiger partial charge in [0.25, 0.3) is 0 Å². The summed E-state index contributed by atoms with van der Waals surface area (Å²) in [6, 6.07) is 68.3. The van der Waals surface area contributed by atoms with Gasteiger partial charge >= 0.3 is 0 Å². The van der Waals surface area contributed by atoms with Crippen LogP contribution >= 0.6 is 0 Å². The van der Waals surface area contributed by atoms with E-state index >= 15 is 0 Å². The lowest BCUT2D eigenvalue weighted by Gasteiger charge is -2.26. The Morgan fingerprint density at radius 2 is 0.966 bits per heavy atom. The Hall–Kier alpha value is -7.89. The molecule has 0 aliphatic carbocycles. The molecular weight excluding hydrogens is 728 g/mol. The number of nitrogens with zero attached hydrogens (tertiary/aromatic N) is 2. The van der Waals surface area contributed by atoms with Gasteiger partial charge in [0.2, 0.25) is 0 Å². The fraction of sp³-hybridized carbons (Fsp3) is 0. The SMILES string of the molecule is Fc1ccc2c3ccccc3n(-c3ccc(N(c4ccc(-c5cccc6c5oc5ccccc56)cc4)c4cccc(-c5ccc6c(c5)oc5ccccc56)c4)cc3)c2c1. The van der Waals surface area contributed by atoms with Crippen LogP contribution in [-0.4, -0.2) is 4.57 Å². The summed E-state index contributed by atoms with van der Waals surface area (Å²) in [5, 5.41) is 6.54. The summed E-state index contributed by atoms with van der Waals surface area (Å²) in [7, 11) is 0. The molecule has 0 unspecified atom stereocenters. The van der Waals surface area contributed by atoms with Gasteiger partial charge in [0.1, 0.15) is 28.1 Å². The van der Waals surface area contributed by atoms with E-state index in [0.717, 1.165) is 111 Å². The second-order valence-electron chi connectivity index (χ2n) is 15.1. The molecule has 9 aromatic carbocycles. The maximum Gasteiger partial charge on any atom is 0.143 e. The van der Waals surface area contributed by atoms with Crippen LogP contribution in [0.2, 0.25) is 0 Å². The highest BCUT2D eigenvalue weighted by atomic mass is 19.1. The van der Waals surface area contributed by atoms with Gasteiger partial charge in [-0.2, -0.15) is 0 Å². The van der Waals surface area contributed by atoms with Gasteiger partial charge in [-0.05, 0) is 114 Å². The highest BCUT2D eigenvalue weighted by molar-refractivity contribution is 6.11. The van der Waals surface area contributed by atoms with Crippen LogP contribution in [0.3, 0.4) is 0 Å². The number of hydrogen-bond donors (Lipinski definition) is 0. The van der Waals surface area contributed by atoms with Crippen molar-refractivity contribution in [1.29, 1.82) is 0 Å². The second-order valence-corrected chi connectivity index (χ2v) is 15.1. The third-order valence-electron chi connectivity index (χ3n) is 11.7. The summed E-state index contributed by atoms with van der Waals surface area (Å²) in [5.41, 5.74) is 13.6. The second kappa shape index (κ2) is 13.1. The van der Waals surface area contributed by atoms with Crippen molar-refractivity contribution in [3.63, 3.8) is 0 Å². The smallest absolute Gasteiger partial charge is 0.143 e. The van der Waals surface area contributed by atoms with Gasteiger partial charge in [-0.3, -0.25) is 0 Å². The zero-order chi connectivity index (χ0) is 39.0. The number of halogens is 1. The average Bonchev–Trinajstić information content (AvgIpc) is 3.96. The van der Waals surface area contributed by atoms with Crippen molar-refractivity contribution >= 4 is 82.7 Å². The van der Waals surface area contributed by atoms with Crippen molar-refractivity contribution in [2.24, 2.45) is 0 Å². The average molecular weight is 761 g/mol. The minimum absolute atomic E-state index is 0.260. The zero-order valence-corrected chi connectivity index (χ0v) is 31.6. The van der Waals surface area contributed by atoms with Crippen LogP contribution in [0, 0.1) is 5.82 Å². The minimum Gasteiger partial charge on any atom is -0.456 e. The molecule has 12 aromatic rings. The Balaban J connectivity index is 0.985. The molecular formula is C54H33FN2O2. The van der Waals surface area contributed by atoms with Gasteiger partial charge in [-0.25, -0.2) is 4.39 Å². The number of para-hydroxylation sites is 4. The molecule has 12 rings (SSSR count). The van der Waals surface area contributed by atoms with E-state index < -0.39 is 0 Å². The summed E-state index contributed by atoms with van der Waals surface area (Å²) in [6.45, 7) is 0. The largest absolute Gasteiger partial charge is 0.456 e. The van der Waals surface area contributed by atoms with E-state index in [2.05, 4.69) is 149 Å². The Morgan fingerprint density at radius 3 is 1.78 bits per heavy atom. The van der Waals surface area contributed by atoms with E-state index in [1.54, 1.807) is 6.07 Å². The predicted octanol–water partition coefficient (Wildman–Crippen LogP) is 15.5. The van der Waals surface area contributed by atoms with Crippen molar-refractivity contribution in [1.82, 2.24) is 4.57 Å². The number of benzene rings is 9. The van der Waals surface area contributed by atoms with Crippen molar-refractivity contribution in [3.05, 3.63) is 206 Å². The predicted molar refractivity (Wildman–Crippen MR) is 241 cm³/mol. The number of fused-ring (bicyclic) bond motifs is 9. The van der Waals surface area contributed by atoms with Crippen LogP contribution in [0.5, 0.6) is 0 Å². The first-order chi connectivity index (χ1) is 29.1. The van der Waals surface area contributed by atoms with Crippen molar-refractivity contribution in [2.45, 2.75) is 0 Å². The van der Waals surface area contributed by atoms with E-state index in [9.17, 15) is 4.39 Å². The van der Waals surface area contributed by atoms with Crippen LogP contribution in [0.1, 0.15) is 0 Å². The number of furan rings is 2. The molecule has 0 spiro atoms. The first-order valence-electron chi connectivity index (χ1n) is 19.8. The van der Waals surface area contributed by atoms with Gasteiger partial charge < -0.3 is 18.3 Å². The maximum atomic E-state index is 14.7. The van der Waals surface area contributed by atoms with Gasteiger partial charge in [0, 0.05) is 60.6 Å². The number of hydrogen-bond acceptors (Lipinski definition) is 3. The molecule has 5 heteroatoms. The lowest BCUT2D eigenvalue weighted by Crippen LogP contribution is -2.10. The molecule has 0 saturated carbocycles. The normalized spacial score (nSPS) is 11.8. The first-order valence-corrected chi connectivity index (χ1v) is 19.8. The fourth-order valence-electron chi connectivity index (χ4n) is 8.91. The first kappa shape index (κ1) is 33.3. The van der Waals surface area contributed by atoms with E-state index in [0.29, 0.717) is 0 Å². The highest BCUT2D eigenvalue weighted by Gasteiger charge is 2.18. The molecule has 0 fully saturated rings. The third-order valence-corrected chi connectivity index (χ3v) is 11.7. The van der Waals surface area contributed by atoms with Crippen LogP contribution < -0.4 is 4.90 Å². The molecule has 0 aliphatic heterocycles. The molecule has 3 aromatic heterocycles. The summed E-state index contributed by atoms with van der Waals surface area (Å²) in [4.78, 5) is 2.28. The Kier molecular flexibility index (Phi) is 7.38. The van der Waals surface area contributed by atoms with Gasteiger partial charge in [0.05, 0.1) is 11.0 Å². The lowest BCUT2D eigenvalue weighted by molar-refractivity contribution is 0.629. The summed E-state index contributed by atoms with van der Waals surface area (Å²) >= 11 is 0. The molecule has 0 N–H and O–H groups in total. The third kappa shape index (κ3) is 5.36. The molecule has 278 valence electrons. The van der Waals surface area contributed by atoms with Crippen LogP contribution in [0.25, 0.3) is 93.6 Å². The zero-order valence-electron chi connectivity index (χ0n) is 31.6. The lowest BCUT2D eigenvalue weighted by atomic mass is 10.0. The fourth-order valence-corrected chi connectivity index (χ4v) is 8.91. The van der Waals surface area contributed by atoms with Crippen molar-refractivity contribution < 1.29 is 13.2 Å². The highest BCUT2D eigenvalue weighted by Crippen LogP contribution is 2.41. The maximum absolute atomic E-state index is 14.7. The molecule has 4 nitrogen and oxygen atoms in total. The van der Waals surface area contributed by atoms with Gasteiger partial charge in [0.15, 0.2) is 0 Å². The standard InChI is InChI=1S/C54H33FN2O2/c55-37-22-30-44-43-11-1-4-16-49(43)57(50(44)33-37)40-27-25-39(26-28-40)56(38-23-19-34(20-24-38)42-14-8-15-48-46-13-3-6-18-52(46)59-54(42)48)41-10-7-9-35(31-41)36-21-29-47-45-12-2-5-17-51(45)58-53(47)32-36/h1-33H. The van der Waals surface area contributed by atoms with Crippen LogP contribution in [-0.2, 0) is 0 Å². The molecule has 0 radical (unpaired) electrons. The molecule has 0 aliphatic rings. The topological polar surface area (TPSA) is 34.5 Å². The summed E-state index contributed by atoms with van der Waals surface area (Å²) in [6.07, 6.45) is 0. The van der Waals surface area contributed by atoms with Crippen molar-refractivity contribution in [3.8, 4) is 27.9 Å². The van der Waals surface area contributed by atoms with E-state index in [4.69, 9.17) is 8.83 Å². The molecule has 59 heavy (non-hydrogen) atoms. The number of rotatable bonds is 6. The van der Waals surface area contributed by atoms with Crippen molar-refractivity contribution in [2.75, 3.05) is 4.90 Å². The van der Waals surface area contributed by atoms with Crippen LogP contribution in [0.4, 0.5) is 21.5 Å². The number of anilines is 3. The monoisotopic (exact) mass is 760 g/mol.